The first-order valence-corrected chi connectivity index (χ1v) is 8.86. The zero-order valence-electron chi connectivity index (χ0n) is 13.6. The summed E-state index contributed by atoms with van der Waals surface area (Å²) < 4.78 is 0. The molecule has 2 N–H and O–H groups in total. The molecule has 7 heteroatoms. The third-order valence-electron chi connectivity index (χ3n) is 3.95. The molecule has 2 aromatic heterocycles. The molecular weight excluding hydrogens is 348 g/mol. The van der Waals surface area contributed by atoms with Crippen LogP contribution in [0.3, 0.4) is 0 Å². The lowest BCUT2D eigenvalue weighted by atomic mass is 10.1. The number of thiazole rings is 1. The average molecular weight is 362 g/mol. The smallest absolute Gasteiger partial charge is 0.272 e. The molecule has 0 atom stereocenters. The zero-order valence-corrected chi connectivity index (χ0v) is 14.4. The molecule has 2 aromatic carbocycles. The van der Waals surface area contributed by atoms with Crippen LogP contribution in [0.25, 0.3) is 21.3 Å². The molecule has 0 aliphatic heterocycles. The molecule has 0 bridgehead atoms. The third-order valence-corrected chi connectivity index (χ3v) is 4.84. The van der Waals surface area contributed by atoms with Crippen LogP contribution in [0, 0.1) is 0 Å². The minimum atomic E-state index is -0.277. The van der Waals surface area contributed by atoms with E-state index in [0.717, 1.165) is 16.0 Å². The van der Waals surface area contributed by atoms with Gasteiger partial charge in [-0.25, -0.2) is 10.1 Å². The molecule has 2 heterocycles. The highest BCUT2D eigenvalue weighted by Crippen LogP contribution is 2.23. The van der Waals surface area contributed by atoms with Crippen LogP contribution >= 0.6 is 11.3 Å². The fraction of sp³-hybridized carbons (Fsp3) is 0.0526. The number of rotatable bonds is 4. The molecule has 26 heavy (non-hydrogen) atoms. The van der Waals surface area contributed by atoms with E-state index < -0.39 is 0 Å². The van der Waals surface area contributed by atoms with E-state index in [1.807, 2.05) is 42.5 Å². The molecule has 0 radical (unpaired) electrons. The van der Waals surface area contributed by atoms with Gasteiger partial charge in [-0.15, -0.1) is 11.3 Å². The molecule has 0 saturated heterocycles. The van der Waals surface area contributed by atoms with Crippen LogP contribution in [0.5, 0.6) is 0 Å². The number of hydrogen-bond acceptors (Lipinski definition) is 5. The largest absolute Gasteiger partial charge is 0.345 e. The van der Waals surface area contributed by atoms with Crippen molar-refractivity contribution in [2.75, 3.05) is 0 Å². The summed E-state index contributed by atoms with van der Waals surface area (Å²) in [5.41, 5.74) is 1.70. The van der Waals surface area contributed by atoms with Gasteiger partial charge in [0.15, 0.2) is 0 Å². The van der Waals surface area contributed by atoms with E-state index in [1.165, 1.54) is 11.3 Å². The number of nitrogens with zero attached hydrogens (tertiary/aromatic N) is 2. The molecule has 0 aliphatic carbocycles. The zero-order chi connectivity index (χ0) is 17.9. The Bertz CT molecular complexity index is 1130. The Hall–Kier alpha value is -3.32. The molecule has 0 aliphatic rings. The highest BCUT2D eigenvalue weighted by molar-refractivity contribution is 7.13. The molecule has 4 aromatic rings. The van der Waals surface area contributed by atoms with Crippen molar-refractivity contribution in [3.63, 3.8) is 0 Å². The summed E-state index contributed by atoms with van der Waals surface area (Å²) in [7, 11) is 0. The highest BCUT2D eigenvalue weighted by atomic mass is 32.1. The molecule has 1 amide bonds. The number of aromatic nitrogens is 3. The fourth-order valence-corrected chi connectivity index (χ4v) is 3.46. The van der Waals surface area contributed by atoms with E-state index in [2.05, 4.69) is 20.5 Å². The topological polar surface area (TPSA) is 87.7 Å². The van der Waals surface area contributed by atoms with E-state index in [1.54, 1.807) is 17.5 Å². The standard InChI is InChI=1S/C19H14N4O2S/c24-17-14-9-5-4-8-13(14)15(22-23-17)10-20-18(25)16-11-26-19(21-16)12-6-2-1-3-7-12/h1-9,11H,10H2,(H,20,25)(H,23,24). The van der Waals surface area contributed by atoms with Crippen LogP contribution < -0.4 is 10.9 Å². The summed E-state index contributed by atoms with van der Waals surface area (Å²) in [6, 6.07) is 16.9. The Balaban J connectivity index is 1.53. The van der Waals surface area contributed by atoms with E-state index >= 15 is 0 Å². The number of fused-ring (bicyclic) bond motifs is 1. The first-order chi connectivity index (χ1) is 12.7. The van der Waals surface area contributed by atoms with Crippen molar-refractivity contribution >= 4 is 28.0 Å². The number of amides is 1. The van der Waals surface area contributed by atoms with E-state index in [4.69, 9.17) is 0 Å². The second-order valence-electron chi connectivity index (χ2n) is 5.63. The lowest BCUT2D eigenvalue weighted by molar-refractivity contribution is 0.0946. The molecular formula is C19H14N4O2S. The van der Waals surface area contributed by atoms with E-state index in [0.29, 0.717) is 16.8 Å². The van der Waals surface area contributed by atoms with Crippen molar-refractivity contribution in [2.45, 2.75) is 6.54 Å². The maximum absolute atomic E-state index is 12.4. The Morgan fingerprint density at radius 1 is 1.04 bits per heavy atom. The first-order valence-electron chi connectivity index (χ1n) is 7.98. The molecule has 4 rings (SSSR count). The number of hydrogen-bond donors (Lipinski definition) is 2. The second kappa shape index (κ2) is 6.89. The van der Waals surface area contributed by atoms with Crippen LogP contribution in [-0.4, -0.2) is 21.1 Å². The van der Waals surface area contributed by atoms with Gasteiger partial charge in [0.1, 0.15) is 10.7 Å². The second-order valence-corrected chi connectivity index (χ2v) is 6.49. The lowest BCUT2D eigenvalue weighted by Crippen LogP contribution is -2.25. The number of H-pyrrole nitrogens is 1. The van der Waals surface area contributed by atoms with Gasteiger partial charge in [-0.3, -0.25) is 9.59 Å². The monoisotopic (exact) mass is 362 g/mol. The van der Waals surface area contributed by atoms with Gasteiger partial charge in [0, 0.05) is 16.3 Å². The Morgan fingerprint density at radius 3 is 2.58 bits per heavy atom. The van der Waals surface area contributed by atoms with Gasteiger partial charge in [0.2, 0.25) is 0 Å². The molecule has 0 spiro atoms. The first kappa shape index (κ1) is 16.2. The number of aromatic amines is 1. The van der Waals surface area contributed by atoms with Crippen LogP contribution in [0.15, 0.2) is 64.8 Å². The van der Waals surface area contributed by atoms with Crippen molar-refractivity contribution in [1.82, 2.24) is 20.5 Å². The van der Waals surface area contributed by atoms with Crippen molar-refractivity contribution in [3.8, 4) is 10.6 Å². The third kappa shape index (κ3) is 3.12. The van der Waals surface area contributed by atoms with E-state index in [9.17, 15) is 9.59 Å². The Morgan fingerprint density at radius 2 is 1.77 bits per heavy atom. The molecule has 128 valence electrons. The quantitative estimate of drug-likeness (QED) is 0.584. The Labute approximate surface area is 152 Å². The summed E-state index contributed by atoms with van der Waals surface area (Å²) in [4.78, 5) is 28.6. The summed E-state index contributed by atoms with van der Waals surface area (Å²) in [5, 5.41) is 13.1. The summed E-state index contributed by atoms with van der Waals surface area (Å²) in [5.74, 6) is -0.277. The van der Waals surface area contributed by atoms with Crippen molar-refractivity contribution in [3.05, 3.63) is 81.7 Å². The average Bonchev–Trinajstić information content (AvgIpc) is 3.19. The van der Waals surface area contributed by atoms with Crippen LogP contribution in [0.4, 0.5) is 0 Å². The highest BCUT2D eigenvalue weighted by Gasteiger charge is 2.13. The Kier molecular flexibility index (Phi) is 4.28. The number of nitrogens with one attached hydrogen (secondary N) is 2. The van der Waals surface area contributed by atoms with Gasteiger partial charge < -0.3 is 5.32 Å². The van der Waals surface area contributed by atoms with Crippen LogP contribution in [-0.2, 0) is 6.54 Å². The van der Waals surface area contributed by atoms with Gasteiger partial charge in [-0.2, -0.15) is 5.10 Å². The predicted octanol–water partition coefficient (Wildman–Crippen LogP) is 2.98. The summed E-state index contributed by atoms with van der Waals surface area (Å²) >= 11 is 1.42. The maximum atomic E-state index is 12.4. The van der Waals surface area contributed by atoms with Crippen molar-refractivity contribution < 1.29 is 4.79 Å². The van der Waals surface area contributed by atoms with Crippen molar-refractivity contribution in [2.24, 2.45) is 0 Å². The summed E-state index contributed by atoms with van der Waals surface area (Å²) in [6.45, 7) is 0.203. The molecule has 0 fully saturated rings. The van der Waals surface area contributed by atoms with Gasteiger partial charge in [0.25, 0.3) is 11.5 Å². The molecule has 6 nitrogen and oxygen atoms in total. The van der Waals surface area contributed by atoms with Gasteiger partial charge in [0.05, 0.1) is 17.6 Å². The number of carbonyl (C=O) groups excluding carboxylic acids is 1. The van der Waals surface area contributed by atoms with Gasteiger partial charge in [-0.1, -0.05) is 48.5 Å². The van der Waals surface area contributed by atoms with Gasteiger partial charge in [-0.05, 0) is 6.07 Å². The minimum absolute atomic E-state index is 0.203. The molecule has 0 saturated carbocycles. The number of carbonyl (C=O) groups is 1. The fourth-order valence-electron chi connectivity index (χ4n) is 2.65. The lowest BCUT2D eigenvalue weighted by Gasteiger charge is -2.05. The normalized spacial score (nSPS) is 10.8. The van der Waals surface area contributed by atoms with Crippen molar-refractivity contribution in [1.29, 1.82) is 0 Å². The van der Waals surface area contributed by atoms with Gasteiger partial charge >= 0.3 is 0 Å². The number of benzene rings is 2. The summed E-state index contributed by atoms with van der Waals surface area (Å²) in [6.07, 6.45) is 0. The minimum Gasteiger partial charge on any atom is -0.345 e. The van der Waals surface area contributed by atoms with E-state index in [-0.39, 0.29) is 18.0 Å². The predicted molar refractivity (Wildman–Crippen MR) is 101 cm³/mol. The van der Waals surface area contributed by atoms with Crippen LogP contribution in [0.2, 0.25) is 0 Å². The molecule has 0 unspecified atom stereocenters. The SMILES string of the molecule is O=C(NCc1n[nH]c(=O)c2ccccc12)c1csc(-c2ccccc2)n1. The maximum Gasteiger partial charge on any atom is 0.272 e. The van der Waals surface area contributed by atoms with Crippen LogP contribution in [0.1, 0.15) is 16.2 Å².